The molecule has 0 heterocycles. The van der Waals surface area contributed by atoms with Crippen molar-refractivity contribution in [1.29, 1.82) is 0 Å². The fraction of sp³-hybridized carbons (Fsp3) is 0.467. The van der Waals surface area contributed by atoms with Crippen LogP contribution in [0.25, 0.3) is 0 Å². The maximum atomic E-state index is 10.9. The predicted octanol–water partition coefficient (Wildman–Crippen LogP) is 3.04. The Kier molecular flexibility index (Phi) is 8.78. The Morgan fingerprint density at radius 2 is 2.00 bits per heavy atom. The molecule has 0 radical (unpaired) electrons. The number of nitrogens with one attached hydrogen (secondary N) is 2. The quantitative estimate of drug-likeness (QED) is 0.436. The highest BCUT2D eigenvalue weighted by molar-refractivity contribution is 7.80. The number of carbonyl (C=O) groups excluding carboxylic acids is 1. The van der Waals surface area contributed by atoms with Crippen molar-refractivity contribution in [1.82, 2.24) is 10.6 Å². The highest BCUT2D eigenvalue weighted by atomic mass is 35.5. The Labute approximate surface area is 136 Å². The molecular formula is C15H21ClN2O2S. The molecule has 0 saturated carbocycles. The van der Waals surface area contributed by atoms with Gasteiger partial charge >= 0.3 is 5.97 Å². The zero-order valence-electron chi connectivity index (χ0n) is 12.2. The molecule has 116 valence electrons. The summed E-state index contributed by atoms with van der Waals surface area (Å²) in [5, 5.41) is 7.60. The second-order valence-corrected chi connectivity index (χ2v) is 5.40. The van der Waals surface area contributed by atoms with E-state index in [9.17, 15) is 4.79 Å². The van der Waals surface area contributed by atoms with Crippen molar-refractivity contribution in [3.8, 4) is 0 Å². The highest BCUT2D eigenvalue weighted by Gasteiger charge is 2.01. The van der Waals surface area contributed by atoms with Crippen LogP contribution in [-0.4, -0.2) is 24.7 Å². The number of hydrogen-bond acceptors (Lipinski definition) is 3. The van der Waals surface area contributed by atoms with E-state index in [1.165, 1.54) is 7.11 Å². The molecule has 2 N–H and O–H groups in total. The lowest BCUT2D eigenvalue weighted by Crippen LogP contribution is -2.35. The fourth-order valence-corrected chi connectivity index (χ4v) is 2.13. The molecule has 21 heavy (non-hydrogen) atoms. The molecule has 0 aliphatic carbocycles. The third-order valence-electron chi connectivity index (χ3n) is 2.97. The van der Waals surface area contributed by atoms with Gasteiger partial charge in [0.25, 0.3) is 0 Å². The zero-order valence-corrected chi connectivity index (χ0v) is 13.7. The molecule has 0 amide bonds. The molecule has 0 unspecified atom stereocenters. The Morgan fingerprint density at radius 3 is 2.71 bits per heavy atom. The number of unbranched alkanes of at least 4 members (excludes halogenated alkanes) is 2. The molecule has 1 aromatic rings. The highest BCUT2D eigenvalue weighted by Crippen LogP contribution is 2.14. The van der Waals surface area contributed by atoms with Gasteiger partial charge in [-0.05, 0) is 36.7 Å². The van der Waals surface area contributed by atoms with Crippen molar-refractivity contribution in [2.45, 2.75) is 32.2 Å². The Morgan fingerprint density at radius 1 is 1.24 bits per heavy atom. The van der Waals surface area contributed by atoms with Crippen LogP contribution < -0.4 is 10.6 Å². The van der Waals surface area contributed by atoms with E-state index in [2.05, 4.69) is 15.4 Å². The first-order valence-corrected chi connectivity index (χ1v) is 7.74. The molecule has 0 spiro atoms. The molecular weight excluding hydrogens is 308 g/mol. The van der Waals surface area contributed by atoms with Gasteiger partial charge < -0.3 is 15.4 Å². The van der Waals surface area contributed by atoms with E-state index < -0.39 is 0 Å². The number of halogens is 1. The third-order valence-corrected chi connectivity index (χ3v) is 3.63. The molecule has 0 aromatic heterocycles. The predicted molar refractivity (Wildman–Crippen MR) is 89.4 cm³/mol. The maximum Gasteiger partial charge on any atom is 0.305 e. The Hall–Kier alpha value is -1.33. The number of carbonyl (C=O) groups is 1. The van der Waals surface area contributed by atoms with Crippen molar-refractivity contribution in [2.24, 2.45) is 0 Å². The number of ether oxygens (including phenoxy) is 1. The summed E-state index contributed by atoms with van der Waals surface area (Å²) in [6, 6.07) is 7.67. The second-order valence-electron chi connectivity index (χ2n) is 4.59. The fourth-order valence-electron chi connectivity index (χ4n) is 1.75. The van der Waals surface area contributed by atoms with Crippen molar-refractivity contribution in [3.05, 3.63) is 34.9 Å². The SMILES string of the molecule is COC(=O)CCCCCNC(=S)NCc1ccccc1Cl. The van der Waals surface area contributed by atoms with Gasteiger partial charge in [0.1, 0.15) is 0 Å². The minimum absolute atomic E-state index is 0.153. The Balaban J connectivity index is 2.07. The van der Waals surface area contributed by atoms with E-state index in [0.29, 0.717) is 18.1 Å². The normalized spacial score (nSPS) is 10.0. The topological polar surface area (TPSA) is 50.4 Å². The number of esters is 1. The average Bonchev–Trinajstić information content (AvgIpc) is 2.49. The maximum absolute atomic E-state index is 10.9. The number of thiocarbonyl (C=S) groups is 1. The first-order valence-electron chi connectivity index (χ1n) is 6.95. The standard InChI is InChI=1S/C15H21ClN2O2S/c1-20-14(19)9-3-2-6-10-17-15(21)18-11-12-7-4-5-8-13(12)16/h4-5,7-8H,2-3,6,9-11H2,1H3,(H2,17,18,21). The summed E-state index contributed by atoms with van der Waals surface area (Å²) >= 11 is 11.3. The van der Waals surface area contributed by atoms with Gasteiger partial charge in [-0.15, -0.1) is 0 Å². The monoisotopic (exact) mass is 328 g/mol. The van der Waals surface area contributed by atoms with Gasteiger partial charge in [-0.3, -0.25) is 4.79 Å². The van der Waals surface area contributed by atoms with Crippen LogP contribution in [0, 0.1) is 0 Å². The molecule has 1 rings (SSSR count). The van der Waals surface area contributed by atoms with E-state index in [1.54, 1.807) is 0 Å². The summed E-state index contributed by atoms with van der Waals surface area (Å²) in [6.07, 6.45) is 3.25. The summed E-state index contributed by atoms with van der Waals surface area (Å²) in [5.41, 5.74) is 1.02. The summed E-state index contributed by atoms with van der Waals surface area (Å²) in [6.45, 7) is 1.39. The summed E-state index contributed by atoms with van der Waals surface area (Å²) < 4.78 is 4.58. The van der Waals surface area contributed by atoms with Gasteiger partial charge in [0.15, 0.2) is 5.11 Å². The number of methoxy groups -OCH3 is 1. The van der Waals surface area contributed by atoms with Crippen LogP contribution in [0.4, 0.5) is 0 Å². The van der Waals surface area contributed by atoms with Gasteiger partial charge in [0, 0.05) is 24.5 Å². The van der Waals surface area contributed by atoms with E-state index in [1.807, 2.05) is 24.3 Å². The van der Waals surface area contributed by atoms with Gasteiger partial charge in [-0.25, -0.2) is 0 Å². The smallest absolute Gasteiger partial charge is 0.305 e. The number of rotatable bonds is 8. The van der Waals surface area contributed by atoms with Crippen molar-refractivity contribution in [2.75, 3.05) is 13.7 Å². The van der Waals surface area contributed by atoms with Crippen LogP contribution in [0.15, 0.2) is 24.3 Å². The van der Waals surface area contributed by atoms with Crippen LogP contribution in [-0.2, 0) is 16.1 Å². The van der Waals surface area contributed by atoms with E-state index in [-0.39, 0.29) is 5.97 Å². The molecule has 0 aliphatic heterocycles. The van der Waals surface area contributed by atoms with Crippen molar-refractivity contribution < 1.29 is 9.53 Å². The second kappa shape index (κ2) is 10.4. The molecule has 4 nitrogen and oxygen atoms in total. The minimum atomic E-state index is -0.153. The van der Waals surface area contributed by atoms with Crippen LogP contribution in [0.3, 0.4) is 0 Å². The number of benzene rings is 1. The largest absolute Gasteiger partial charge is 0.469 e. The van der Waals surface area contributed by atoms with Gasteiger partial charge in [-0.2, -0.15) is 0 Å². The molecule has 0 saturated heterocycles. The molecule has 6 heteroatoms. The summed E-state index contributed by atoms with van der Waals surface area (Å²) in [7, 11) is 1.41. The molecule has 1 aromatic carbocycles. The van der Waals surface area contributed by atoms with E-state index >= 15 is 0 Å². The lowest BCUT2D eigenvalue weighted by Gasteiger charge is -2.11. The van der Waals surface area contributed by atoms with Crippen LogP contribution >= 0.6 is 23.8 Å². The Bertz CT molecular complexity index is 469. The van der Waals surface area contributed by atoms with E-state index in [4.69, 9.17) is 23.8 Å². The van der Waals surface area contributed by atoms with Crippen LogP contribution in [0.1, 0.15) is 31.2 Å². The molecule has 0 atom stereocenters. The average molecular weight is 329 g/mol. The first kappa shape index (κ1) is 17.7. The van der Waals surface area contributed by atoms with Crippen LogP contribution in [0.5, 0.6) is 0 Å². The van der Waals surface area contributed by atoms with Crippen LogP contribution in [0.2, 0.25) is 5.02 Å². The first-order chi connectivity index (χ1) is 10.1. The lowest BCUT2D eigenvalue weighted by atomic mass is 10.2. The van der Waals surface area contributed by atoms with Gasteiger partial charge in [0.05, 0.1) is 7.11 Å². The third kappa shape index (κ3) is 7.87. The van der Waals surface area contributed by atoms with Crippen molar-refractivity contribution in [3.63, 3.8) is 0 Å². The lowest BCUT2D eigenvalue weighted by molar-refractivity contribution is -0.140. The molecule has 0 bridgehead atoms. The molecule has 0 fully saturated rings. The van der Waals surface area contributed by atoms with E-state index in [0.717, 1.165) is 36.4 Å². The number of hydrogen-bond donors (Lipinski definition) is 2. The van der Waals surface area contributed by atoms with Gasteiger partial charge in [-0.1, -0.05) is 36.2 Å². The zero-order chi connectivity index (χ0) is 15.5. The molecule has 0 aliphatic rings. The van der Waals surface area contributed by atoms with Crippen molar-refractivity contribution >= 4 is 34.9 Å². The van der Waals surface area contributed by atoms with Gasteiger partial charge in [0.2, 0.25) is 0 Å². The minimum Gasteiger partial charge on any atom is -0.469 e. The summed E-state index contributed by atoms with van der Waals surface area (Å²) in [5.74, 6) is -0.153. The summed E-state index contributed by atoms with van der Waals surface area (Å²) in [4.78, 5) is 10.9.